The minimum absolute atomic E-state index is 0.0692. The molecule has 0 aromatic heterocycles. The summed E-state index contributed by atoms with van der Waals surface area (Å²) in [6.45, 7) is 5.22. The Morgan fingerprint density at radius 2 is 2.00 bits per heavy atom. The molecule has 1 saturated carbocycles. The van der Waals surface area contributed by atoms with Gasteiger partial charge in [0.15, 0.2) is 0 Å². The van der Waals surface area contributed by atoms with Gasteiger partial charge in [-0.2, -0.15) is 0 Å². The van der Waals surface area contributed by atoms with Crippen molar-refractivity contribution in [1.29, 1.82) is 0 Å². The maximum atomic E-state index is 12.1. The smallest absolute Gasteiger partial charge is 0.261 e. The van der Waals surface area contributed by atoms with E-state index in [1.165, 1.54) is 0 Å². The predicted molar refractivity (Wildman–Crippen MR) is 62.5 cm³/mol. The van der Waals surface area contributed by atoms with Crippen LogP contribution in [-0.4, -0.2) is 44.4 Å². The lowest BCUT2D eigenvalue weighted by Gasteiger charge is -2.44. The van der Waals surface area contributed by atoms with Crippen LogP contribution in [0.25, 0.3) is 0 Å². The minimum Gasteiger partial charge on any atom is -0.374 e. The largest absolute Gasteiger partial charge is 0.374 e. The van der Waals surface area contributed by atoms with E-state index in [1.54, 1.807) is 0 Å². The Labute approximate surface area is 102 Å². The summed E-state index contributed by atoms with van der Waals surface area (Å²) < 4.78 is 34.9. The van der Waals surface area contributed by atoms with Crippen molar-refractivity contribution in [1.82, 2.24) is 5.32 Å². The molecule has 0 amide bonds. The number of halogens is 2. The Balaban J connectivity index is 2.29. The zero-order chi connectivity index (χ0) is 12.7. The van der Waals surface area contributed by atoms with Crippen LogP contribution in [0, 0.1) is 0 Å². The average Bonchev–Trinajstić information content (AvgIpc) is 2.27. The summed E-state index contributed by atoms with van der Waals surface area (Å²) in [5.74, 6) is 0. The van der Waals surface area contributed by atoms with Gasteiger partial charge in [-0.3, -0.25) is 0 Å². The normalized spacial score (nSPS) is 28.4. The van der Waals surface area contributed by atoms with E-state index in [2.05, 4.69) is 12.2 Å². The number of ether oxygens (including phenoxy) is 2. The number of hydrogen-bond donors (Lipinski definition) is 1. The SMILES string of the molecule is CCCNC1CC(OCC(F)F)C1OCCC. The maximum absolute atomic E-state index is 12.1. The maximum Gasteiger partial charge on any atom is 0.261 e. The van der Waals surface area contributed by atoms with E-state index in [9.17, 15) is 8.78 Å². The molecular formula is C12H23F2NO2. The third kappa shape index (κ3) is 4.85. The van der Waals surface area contributed by atoms with Crippen molar-refractivity contribution >= 4 is 0 Å². The summed E-state index contributed by atoms with van der Waals surface area (Å²) in [6, 6.07) is 0.254. The van der Waals surface area contributed by atoms with Crippen molar-refractivity contribution in [3.8, 4) is 0 Å². The highest BCUT2D eigenvalue weighted by molar-refractivity contribution is 4.97. The van der Waals surface area contributed by atoms with Crippen LogP contribution in [0.1, 0.15) is 33.1 Å². The number of nitrogens with one attached hydrogen (secondary N) is 1. The molecule has 1 aliphatic carbocycles. The van der Waals surface area contributed by atoms with Gasteiger partial charge in [0.05, 0.1) is 12.2 Å². The third-order valence-electron chi connectivity index (χ3n) is 2.86. The molecule has 1 aliphatic rings. The highest BCUT2D eigenvalue weighted by atomic mass is 19.3. The molecule has 0 bridgehead atoms. The molecule has 1 rings (SSSR count). The number of alkyl halides is 2. The zero-order valence-electron chi connectivity index (χ0n) is 10.6. The van der Waals surface area contributed by atoms with E-state index in [1.807, 2.05) is 6.92 Å². The highest BCUT2D eigenvalue weighted by Gasteiger charge is 2.42. The van der Waals surface area contributed by atoms with Crippen LogP contribution in [0.5, 0.6) is 0 Å². The zero-order valence-corrected chi connectivity index (χ0v) is 10.6. The van der Waals surface area contributed by atoms with Gasteiger partial charge in [-0.25, -0.2) is 8.78 Å². The van der Waals surface area contributed by atoms with E-state index in [0.29, 0.717) is 6.61 Å². The monoisotopic (exact) mass is 251 g/mol. The first-order valence-corrected chi connectivity index (χ1v) is 6.43. The lowest BCUT2D eigenvalue weighted by atomic mass is 9.85. The fourth-order valence-corrected chi connectivity index (χ4v) is 1.95. The highest BCUT2D eigenvalue weighted by Crippen LogP contribution is 2.28. The summed E-state index contributed by atoms with van der Waals surface area (Å²) in [5, 5.41) is 3.35. The molecule has 1 N–H and O–H groups in total. The second-order valence-electron chi connectivity index (χ2n) is 4.39. The Bertz CT molecular complexity index is 205. The first-order chi connectivity index (χ1) is 8.19. The molecule has 0 spiro atoms. The molecule has 3 nitrogen and oxygen atoms in total. The van der Waals surface area contributed by atoms with Crippen LogP contribution in [0.3, 0.4) is 0 Å². The Morgan fingerprint density at radius 3 is 2.59 bits per heavy atom. The molecule has 0 aliphatic heterocycles. The molecule has 1 fully saturated rings. The van der Waals surface area contributed by atoms with E-state index >= 15 is 0 Å². The van der Waals surface area contributed by atoms with Gasteiger partial charge in [-0.15, -0.1) is 0 Å². The Hall–Kier alpha value is -0.260. The number of hydrogen-bond acceptors (Lipinski definition) is 3. The van der Waals surface area contributed by atoms with E-state index in [-0.39, 0.29) is 18.2 Å². The van der Waals surface area contributed by atoms with Crippen LogP contribution in [0.15, 0.2) is 0 Å². The van der Waals surface area contributed by atoms with E-state index in [0.717, 1.165) is 25.8 Å². The first-order valence-electron chi connectivity index (χ1n) is 6.43. The van der Waals surface area contributed by atoms with Crippen molar-refractivity contribution in [3.63, 3.8) is 0 Å². The summed E-state index contributed by atoms with van der Waals surface area (Å²) in [7, 11) is 0. The Kier molecular flexibility index (Phi) is 6.92. The van der Waals surface area contributed by atoms with Crippen molar-refractivity contribution in [2.45, 2.75) is 57.8 Å². The van der Waals surface area contributed by atoms with Gasteiger partial charge in [-0.05, 0) is 25.8 Å². The van der Waals surface area contributed by atoms with Crippen LogP contribution < -0.4 is 5.32 Å². The van der Waals surface area contributed by atoms with Crippen molar-refractivity contribution in [2.75, 3.05) is 19.8 Å². The molecule has 102 valence electrons. The summed E-state index contributed by atoms with van der Waals surface area (Å²) >= 11 is 0. The van der Waals surface area contributed by atoms with Gasteiger partial charge in [0.1, 0.15) is 6.61 Å². The third-order valence-corrected chi connectivity index (χ3v) is 2.86. The van der Waals surface area contributed by atoms with Gasteiger partial charge >= 0.3 is 0 Å². The van der Waals surface area contributed by atoms with Crippen molar-refractivity contribution < 1.29 is 18.3 Å². The molecule has 17 heavy (non-hydrogen) atoms. The Morgan fingerprint density at radius 1 is 1.24 bits per heavy atom. The van der Waals surface area contributed by atoms with Crippen LogP contribution >= 0.6 is 0 Å². The average molecular weight is 251 g/mol. The fourth-order valence-electron chi connectivity index (χ4n) is 1.95. The van der Waals surface area contributed by atoms with Crippen LogP contribution in [-0.2, 0) is 9.47 Å². The van der Waals surface area contributed by atoms with Crippen LogP contribution in [0.2, 0.25) is 0 Å². The van der Waals surface area contributed by atoms with Gasteiger partial charge in [0.25, 0.3) is 6.43 Å². The van der Waals surface area contributed by atoms with Gasteiger partial charge in [0, 0.05) is 12.6 Å². The van der Waals surface area contributed by atoms with Crippen LogP contribution in [0.4, 0.5) is 8.78 Å². The molecule has 0 heterocycles. The van der Waals surface area contributed by atoms with E-state index in [4.69, 9.17) is 9.47 Å². The lowest BCUT2D eigenvalue weighted by molar-refractivity contribution is -0.161. The summed E-state index contributed by atoms with van der Waals surface area (Å²) in [6.07, 6.45) is 0.105. The molecule has 0 aromatic rings. The molecular weight excluding hydrogens is 228 g/mol. The van der Waals surface area contributed by atoms with Crippen molar-refractivity contribution in [2.24, 2.45) is 0 Å². The van der Waals surface area contributed by atoms with E-state index < -0.39 is 13.0 Å². The topological polar surface area (TPSA) is 30.5 Å². The summed E-state index contributed by atoms with van der Waals surface area (Å²) in [4.78, 5) is 0. The molecule has 3 atom stereocenters. The fraction of sp³-hybridized carbons (Fsp3) is 1.00. The number of rotatable bonds is 9. The molecule has 0 saturated heterocycles. The van der Waals surface area contributed by atoms with Crippen molar-refractivity contribution in [3.05, 3.63) is 0 Å². The van der Waals surface area contributed by atoms with Gasteiger partial charge in [-0.1, -0.05) is 13.8 Å². The second-order valence-corrected chi connectivity index (χ2v) is 4.39. The second kappa shape index (κ2) is 7.95. The summed E-state index contributed by atoms with van der Waals surface area (Å²) in [5.41, 5.74) is 0. The predicted octanol–water partition coefficient (Wildman–Crippen LogP) is 2.20. The molecule has 0 radical (unpaired) electrons. The van der Waals surface area contributed by atoms with Gasteiger partial charge in [0.2, 0.25) is 0 Å². The standard InChI is InChI=1S/C12H23F2NO2/c1-3-5-15-9-7-10(17-8-11(13)14)12(9)16-6-4-2/h9-12,15H,3-8H2,1-2H3. The lowest BCUT2D eigenvalue weighted by Crippen LogP contribution is -2.60. The molecule has 5 heteroatoms. The molecule has 0 aromatic carbocycles. The first kappa shape index (κ1) is 14.8. The minimum atomic E-state index is -2.40. The van der Waals surface area contributed by atoms with Gasteiger partial charge < -0.3 is 14.8 Å². The quantitative estimate of drug-likeness (QED) is 0.681. The molecule has 3 unspecified atom stereocenters.